The number of hydrogen-bond acceptors (Lipinski definition) is 7. The van der Waals surface area contributed by atoms with E-state index in [0.717, 1.165) is 5.56 Å². The Balaban J connectivity index is 1.25. The number of nitrogens with zero attached hydrogens (tertiary/aromatic N) is 5. The lowest BCUT2D eigenvalue weighted by atomic mass is 10.0. The van der Waals surface area contributed by atoms with Crippen molar-refractivity contribution in [2.24, 2.45) is 0 Å². The average molecular weight is 385 g/mol. The van der Waals surface area contributed by atoms with Gasteiger partial charge in [-0.25, -0.2) is 4.98 Å². The molecule has 3 heterocycles. The average Bonchev–Trinajstić information content (AvgIpc) is 3.14. The van der Waals surface area contributed by atoms with Crippen LogP contribution in [0.1, 0.15) is 17.4 Å². The molecule has 1 aliphatic heterocycles. The molecule has 1 amide bonds. The number of carbonyl (C=O) groups excluding carboxylic acids is 1. The van der Waals surface area contributed by atoms with Crippen LogP contribution in [0.2, 0.25) is 5.02 Å². The lowest BCUT2D eigenvalue weighted by Gasteiger charge is -2.36. The molecule has 1 saturated heterocycles. The van der Waals surface area contributed by atoms with Crippen LogP contribution in [0.3, 0.4) is 0 Å². The van der Waals surface area contributed by atoms with Crippen LogP contribution >= 0.6 is 11.6 Å². The molecule has 9 heteroatoms. The van der Waals surface area contributed by atoms with E-state index >= 15 is 0 Å². The second-order valence-electron chi connectivity index (χ2n) is 6.31. The molecular formula is C18H17ClN6O2. The summed E-state index contributed by atoms with van der Waals surface area (Å²) in [6.07, 6.45) is 4.76. The van der Waals surface area contributed by atoms with Gasteiger partial charge in [0, 0.05) is 37.1 Å². The molecule has 3 aromatic rings. The number of rotatable bonds is 6. The van der Waals surface area contributed by atoms with E-state index in [9.17, 15) is 4.79 Å². The van der Waals surface area contributed by atoms with E-state index in [4.69, 9.17) is 16.1 Å². The van der Waals surface area contributed by atoms with Gasteiger partial charge in [0.2, 0.25) is 17.6 Å². The quantitative estimate of drug-likeness (QED) is 0.693. The number of nitrogens with one attached hydrogen (secondary N) is 1. The van der Waals surface area contributed by atoms with Gasteiger partial charge in [-0.3, -0.25) is 14.7 Å². The van der Waals surface area contributed by atoms with Crippen molar-refractivity contribution in [3.63, 3.8) is 0 Å². The number of amides is 1. The van der Waals surface area contributed by atoms with E-state index in [2.05, 4.69) is 25.4 Å². The maximum atomic E-state index is 12.1. The van der Waals surface area contributed by atoms with Crippen LogP contribution in [0.25, 0.3) is 11.5 Å². The van der Waals surface area contributed by atoms with Crippen LogP contribution in [0.4, 0.5) is 0 Å². The second kappa shape index (κ2) is 7.81. The molecule has 1 N–H and O–H groups in total. The van der Waals surface area contributed by atoms with Gasteiger partial charge in [0.15, 0.2) is 0 Å². The minimum Gasteiger partial charge on any atom is -0.351 e. The Hall–Kier alpha value is -2.84. The number of halogens is 1. The highest BCUT2D eigenvalue weighted by Crippen LogP contribution is 2.26. The lowest BCUT2D eigenvalue weighted by Crippen LogP contribution is -2.49. The smallest absolute Gasteiger partial charge is 0.234 e. The Morgan fingerprint density at radius 3 is 2.93 bits per heavy atom. The molecule has 8 nitrogen and oxygen atoms in total. The van der Waals surface area contributed by atoms with E-state index in [-0.39, 0.29) is 11.8 Å². The fourth-order valence-corrected chi connectivity index (χ4v) is 3.07. The van der Waals surface area contributed by atoms with E-state index < -0.39 is 0 Å². The zero-order valence-corrected chi connectivity index (χ0v) is 15.1. The van der Waals surface area contributed by atoms with Crippen molar-refractivity contribution in [2.45, 2.75) is 12.5 Å². The Labute approximate surface area is 160 Å². The predicted molar refractivity (Wildman–Crippen MR) is 97.8 cm³/mol. The van der Waals surface area contributed by atoms with Gasteiger partial charge in [0.05, 0.1) is 18.7 Å². The summed E-state index contributed by atoms with van der Waals surface area (Å²) in [5.41, 5.74) is 1.47. The van der Waals surface area contributed by atoms with Crippen molar-refractivity contribution in [1.82, 2.24) is 30.3 Å². The van der Waals surface area contributed by atoms with Crippen LogP contribution in [0.15, 0.2) is 47.4 Å². The van der Waals surface area contributed by atoms with Crippen molar-refractivity contribution in [3.8, 4) is 11.5 Å². The largest absolute Gasteiger partial charge is 0.351 e. The zero-order chi connectivity index (χ0) is 18.6. The number of aromatic nitrogens is 4. The zero-order valence-electron chi connectivity index (χ0n) is 14.4. The number of benzene rings is 1. The summed E-state index contributed by atoms with van der Waals surface area (Å²) in [5.74, 6) is 1.07. The maximum Gasteiger partial charge on any atom is 0.234 e. The summed E-state index contributed by atoms with van der Waals surface area (Å²) >= 11 is 6.09. The summed E-state index contributed by atoms with van der Waals surface area (Å²) < 4.78 is 5.32. The molecule has 4 rings (SSSR count). The van der Waals surface area contributed by atoms with Crippen molar-refractivity contribution in [2.75, 3.05) is 19.6 Å². The second-order valence-corrected chi connectivity index (χ2v) is 6.71. The summed E-state index contributed by atoms with van der Waals surface area (Å²) in [6, 6.07) is 7.46. The van der Waals surface area contributed by atoms with Gasteiger partial charge in [-0.1, -0.05) is 35.0 Å². The van der Waals surface area contributed by atoms with Crippen LogP contribution < -0.4 is 5.32 Å². The summed E-state index contributed by atoms with van der Waals surface area (Å²) in [4.78, 5) is 26.7. The SMILES string of the molecule is O=C(CN1CC(c2nc(-c3cnccn3)no2)C1)NCc1ccccc1Cl. The number of carbonyl (C=O) groups is 1. The first kappa shape index (κ1) is 17.6. The monoisotopic (exact) mass is 384 g/mol. The molecular weight excluding hydrogens is 368 g/mol. The van der Waals surface area contributed by atoms with Crippen molar-refractivity contribution >= 4 is 17.5 Å². The van der Waals surface area contributed by atoms with Crippen LogP contribution in [-0.2, 0) is 11.3 Å². The highest BCUT2D eigenvalue weighted by atomic mass is 35.5. The van der Waals surface area contributed by atoms with Gasteiger partial charge < -0.3 is 9.84 Å². The molecule has 138 valence electrons. The Bertz CT molecular complexity index is 926. The van der Waals surface area contributed by atoms with E-state index in [1.165, 1.54) is 0 Å². The van der Waals surface area contributed by atoms with Crippen molar-refractivity contribution in [1.29, 1.82) is 0 Å². The number of hydrogen-bond donors (Lipinski definition) is 1. The van der Waals surface area contributed by atoms with Crippen molar-refractivity contribution < 1.29 is 9.32 Å². The first-order valence-corrected chi connectivity index (χ1v) is 8.89. The fraction of sp³-hybridized carbons (Fsp3) is 0.278. The van der Waals surface area contributed by atoms with Crippen LogP contribution in [0, 0.1) is 0 Å². The highest BCUT2D eigenvalue weighted by molar-refractivity contribution is 6.31. The first-order valence-electron chi connectivity index (χ1n) is 8.51. The summed E-state index contributed by atoms with van der Waals surface area (Å²) in [7, 11) is 0. The topological polar surface area (TPSA) is 97.0 Å². The predicted octanol–water partition coefficient (Wildman–Crippen LogP) is 1.90. The normalized spacial score (nSPS) is 14.7. The van der Waals surface area contributed by atoms with E-state index in [0.29, 0.717) is 48.6 Å². The molecule has 0 atom stereocenters. The third-order valence-electron chi connectivity index (χ3n) is 4.34. The van der Waals surface area contributed by atoms with Gasteiger partial charge in [-0.05, 0) is 11.6 Å². The van der Waals surface area contributed by atoms with Gasteiger partial charge in [-0.2, -0.15) is 4.98 Å². The van der Waals surface area contributed by atoms with Crippen molar-refractivity contribution in [3.05, 3.63) is 59.3 Å². The van der Waals surface area contributed by atoms with E-state index in [1.807, 2.05) is 29.2 Å². The maximum absolute atomic E-state index is 12.1. The molecule has 1 fully saturated rings. The molecule has 1 aliphatic rings. The Morgan fingerprint density at radius 2 is 2.15 bits per heavy atom. The molecule has 0 saturated carbocycles. The minimum absolute atomic E-state index is 0.0425. The molecule has 0 spiro atoms. The third-order valence-corrected chi connectivity index (χ3v) is 4.71. The lowest BCUT2D eigenvalue weighted by molar-refractivity contribution is -0.123. The summed E-state index contributed by atoms with van der Waals surface area (Å²) in [6.45, 7) is 2.14. The highest BCUT2D eigenvalue weighted by Gasteiger charge is 2.33. The minimum atomic E-state index is -0.0425. The van der Waals surface area contributed by atoms with Gasteiger partial charge in [0.25, 0.3) is 0 Å². The molecule has 0 aliphatic carbocycles. The van der Waals surface area contributed by atoms with Gasteiger partial charge in [0.1, 0.15) is 5.69 Å². The molecule has 0 radical (unpaired) electrons. The Kier molecular flexibility index (Phi) is 5.08. The Morgan fingerprint density at radius 1 is 1.30 bits per heavy atom. The molecule has 0 bridgehead atoms. The van der Waals surface area contributed by atoms with Crippen LogP contribution in [0.5, 0.6) is 0 Å². The first-order chi connectivity index (χ1) is 13.2. The van der Waals surface area contributed by atoms with Crippen LogP contribution in [-0.4, -0.2) is 50.5 Å². The van der Waals surface area contributed by atoms with Gasteiger partial charge >= 0.3 is 0 Å². The summed E-state index contributed by atoms with van der Waals surface area (Å²) in [5, 5.41) is 7.49. The number of likely N-dealkylation sites (tertiary alicyclic amines) is 1. The molecule has 1 aromatic carbocycles. The van der Waals surface area contributed by atoms with Gasteiger partial charge in [-0.15, -0.1) is 0 Å². The molecule has 2 aromatic heterocycles. The molecule has 27 heavy (non-hydrogen) atoms. The fourth-order valence-electron chi connectivity index (χ4n) is 2.87. The molecule has 0 unspecified atom stereocenters. The standard InChI is InChI=1S/C18H17ClN6O2/c19-14-4-2-1-3-12(14)7-22-16(26)11-25-9-13(10-25)18-23-17(24-27-18)15-8-20-5-6-21-15/h1-6,8,13H,7,9-11H2,(H,22,26). The third kappa shape index (κ3) is 4.12. The van der Waals surface area contributed by atoms with E-state index in [1.54, 1.807) is 18.6 Å².